The van der Waals surface area contributed by atoms with Gasteiger partial charge >= 0.3 is 0 Å². The van der Waals surface area contributed by atoms with Crippen molar-refractivity contribution in [2.45, 2.75) is 32.2 Å². The topological polar surface area (TPSA) is 21.3 Å². The summed E-state index contributed by atoms with van der Waals surface area (Å²) in [5, 5.41) is 4.50. The van der Waals surface area contributed by atoms with Crippen molar-refractivity contribution in [3.05, 3.63) is 19.8 Å². The highest BCUT2D eigenvalue weighted by Gasteiger charge is 2.26. The number of rotatable bonds is 5. The van der Waals surface area contributed by atoms with E-state index in [1.807, 2.05) is 0 Å². The van der Waals surface area contributed by atoms with Crippen LogP contribution < -0.4 is 5.32 Å². The third-order valence-electron chi connectivity index (χ3n) is 3.32. The molecule has 0 saturated carbocycles. The van der Waals surface area contributed by atoms with Gasteiger partial charge in [0, 0.05) is 24.1 Å². The molecular weight excluding hydrogens is 334 g/mol. The Hall–Kier alpha value is 0.390. The highest BCUT2D eigenvalue weighted by Crippen LogP contribution is 2.39. The highest BCUT2D eigenvalue weighted by molar-refractivity contribution is 9.11. The number of nitrogens with one attached hydrogen (secondary N) is 1. The second kappa shape index (κ2) is 7.25. The second-order valence-electron chi connectivity index (χ2n) is 4.65. The van der Waals surface area contributed by atoms with Crippen molar-refractivity contribution in [1.29, 1.82) is 0 Å². The van der Waals surface area contributed by atoms with Crippen LogP contribution >= 0.6 is 38.9 Å². The normalized spacial score (nSPS) is 19.1. The van der Waals surface area contributed by atoms with Crippen LogP contribution in [0.5, 0.6) is 0 Å². The number of hydrogen-bond donors (Lipinski definition) is 1. The largest absolute Gasteiger partial charge is 0.381 e. The lowest BCUT2D eigenvalue weighted by molar-refractivity contribution is 0.0540. The summed E-state index contributed by atoms with van der Waals surface area (Å²) in [6.07, 6.45) is 3.42. The molecule has 1 aromatic heterocycles. The Bertz CT molecular complexity index is 360. The Balaban J connectivity index is 2.12. The van der Waals surface area contributed by atoms with E-state index in [0.29, 0.717) is 12.0 Å². The molecule has 2 rings (SSSR count). The first kappa shape index (κ1) is 14.8. The Morgan fingerprint density at radius 1 is 1.56 bits per heavy atom. The molecule has 0 aliphatic carbocycles. The van der Waals surface area contributed by atoms with Gasteiger partial charge < -0.3 is 10.1 Å². The zero-order valence-corrected chi connectivity index (χ0v) is 13.7. The molecule has 1 saturated heterocycles. The first-order valence-corrected chi connectivity index (χ1v) is 8.47. The Labute approximate surface area is 126 Å². The molecule has 1 aliphatic rings. The molecule has 1 atom stereocenters. The summed E-state index contributed by atoms with van der Waals surface area (Å²) in [5.74, 6) is 0.659. The van der Waals surface area contributed by atoms with Crippen LogP contribution in [0.2, 0.25) is 5.02 Å². The SMILES string of the molecule is CCCNC(c1cc(Cl)c(Br)s1)C1CCOCC1. The maximum Gasteiger partial charge on any atom is 0.0887 e. The molecule has 1 unspecified atom stereocenters. The van der Waals surface area contributed by atoms with Crippen LogP contribution in [-0.2, 0) is 4.74 Å². The van der Waals surface area contributed by atoms with E-state index in [4.69, 9.17) is 16.3 Å². The summed E-state index contributed by atoms with van der Waals surface area (Å²) < 4.78 is 6.50. The first-order valence-electron chi connectivity index (χ1n) is 6.48. The predicted octanol–water partition coefficient (Wildman–Crippen LogP) is 4.63. The van der Waals surface area contributed by atoms with E-state index in [0.717, 1.165) is 47.8 Å². The third-order valence-corrected chi connectivity index (χ3v) is 5.88. The van der Waals surface area contributed by atoms with E-state index in [-0.39, 0.29) is 0 Å². The maximum atomic E-state index is 6.16. The quantitative estimate of drug-likeness (QED) is 0.834. The molecule has 18 heavy (non-hydrogen) atoms. The second-order valence-corrected chi connectivity index (χ2v) is 7.46. The van der Waals surface area contributed by atoms with Crippen LogP contribution in [0.15, 0.2) is 9.85 Å². The monoisotopic (exact) mass is 351 g/mol. The van der Waals surface area contributed by atoms with Crippen molar-refractivity contribution in [3.8, 4) is 0 Å². The summed E-state index contributed by atoms with van der Waals surface area (Å²) in [6.45, 7) is 5.02. The molecule has 1 fully saturated rings. The number of hydrogen-bond acceptors (Lipinski definition) is 3. The van der Waals surface area contributed by atoms with E-state index < -0.39 is 0 Å². The minimum Gasteiger partial charge on any atom is -0.381 e. The molecule has 1 aliphatic heterocycles. The lowest BCUT2D eigenvalue weighted by Crippen LogP contribution is -2.32. The van der Waals surface area contributed by atoms with Gasteiger partial charge in [-0.05, 0) is 53.7 Å². The maximum absolute atomic E-state index is 6.16. The minimum absolute atomic E-state index is 0.419. The standard InChI is InChI=1S/C13H19BrClNOS/c1-2-5-16-12(9-3-6-17-7-4-9)11-8-10(15)13(14)18-11/h8-9,12,16H,2-7H2,1H3. The molecule has 102 valence electrons. The molecule has 0 amide bonds. The van der Waals surface area contributed by atoms with Gasteiger partial charge in [0.1, 0.15) is 0 Å². The van der Waals surface area contributed by atoms with Crippen molar-refractivity contribution in [3.63, 3.8) is 0 Å². The molecular formula is C13H19BrClNOS. The fourth-order valence-corrected chi connectivity index (χ4v) is 4.28. The molecule has 5 heteroatoms. The van der Waals surface area contributed by atoms with Gasteiger partial charge in [0.2, 0.25) is 0 Å². The van der Waals surface area contributed by atoms with Gasteiger partial charge in [-0.2, -0.15) is 0 Å². The fraction of sp³-hybridized carbons (Fsp3) is 0.692. The summed E-state index contributed by atoms with van der Waals surface area (Å²) in [4.78, 5) is 1.34. The molecule has 0 spiro atoms. The molecule has 0 aromatic carbocycles. The zero-order valence-electron chi connectivity index (χ0n) is 10.5. The smallest absolute Gasteiger partial charge is 0.0887 e. The minimum atomic E-state index is 0.419. The summed E-state index contributed by atoms with van der Waals surface area (Å²) in [6, 6.07) is 2.52. The van der Waals surface area contributed by atoms with E-state index in [9.17, 15) is 0 Å². The van der Waals surface area contributed by atoms with Gasteiger partial charge in [0.25, 0.3) is 0 Å². The van der Waals surface area contributed by atoms with Gasteiger partial charge in [-0.1, -0.05) is 18.5 Å². The Kier molecular flexibility index (Phi) is 5.96. The summed E-state index contributed by atoms with van der Waals surface area (Å²) >= 11 is 11.4. The van der Waals surface area contributed by atoms with E-state index in [1.54, 1.807) is 11.3 Å². The van der Waals surface area contributed by atoms with Crippen LogP contribution in [0.4, 0.5) is 0 Å². The molecule has 1 N–H and O–H groups in total. The van der Waals surface area contributed by atoms with Gasteiger partial charge in [-0.3, -0.25) is 0 Å². The number of halogens is 2. The Morgan fingerprint density at radius 2 is 2.28 bits per heavy atom. The van der Waals surface area contributed by atoms with E-state index in [2.05, 4.69) is 34.2 Å². The molecule has 1 aromatic rings. The van der Waals surface area contributed by atoms with Gasteiger partial charge in [0.05, 0.1) is 8.81 Å². The Morgan fingerprint density at radius 3 is 2.83 bits per heavy atom. The van der Waals surface area contributed by atoms with Crippen molar-refractivity contribution >= 4 is 38.9 Å². The average Bonchev–Trinajstić information content (AvgIpc) is 2.71. The lowest BCUT2D eigenvalue weighted by atomic mass is 9.90. The molecule has 0 radical (unpaired) electrons. The molecule has 2 nitrogen and oxygen atoms in total. The first-order chi connectivity index (χ1) is 8.72. The highest BCUT2D eigenvalue weighted by atomic mass is 79.9. The van der Waals surface area contributed by atoms with Crippen LogP contribution in [0.3, 0.4) is 0 Å². The van der Waals surface area contributed by atoms with Crippen molar-refractivity contribution in [1.82, 2.24) is 5.32 Å². The summed E-state index contributed by atoms with van der Waals surface area (Å²) in [7, 11) is 0. The van der Waals surface area contributed by atoms with Crippen molar-refractivity contribution < 1.29 is 4.74 Å². The van der Waals surface area contributed by atoms with Crippen LogP contribution in [0.1, 0.15) is 37.1 Å². The average molecular weight is 353 g/mol. The van der Waals surface area contributed by atoms with Crippen molar-refractivity contribution in [2.75, 3.05) is 19.8 Å². The number of thiophene rings is 1. The fourth-order valence-electron chi connectivity index (χ4n) is 2.37. The van der Waals surface area contributed by atoms with Gasteiger partial charge in [-0.15, -0.1) is 11.3 Å². The molecule has 0 bridgehead atoms. The van der Waals surface area contributed by atoms with Crippen LogP contribution in [0, 0.1) is 5.92 Å². The van der Waals surface area contributed by atoms with Gasteiger partial charge in [-0.25, -0.2) is 0 Å². The predicted molar refractivity (Wildman–Crippen MR) is 81.6 cm³/mol. The van der Waals surface area contributed by atoms with Gasteiger partial charge in [0.15, 0.2) is 0 Å². The summed E-state index contributed by atoms with van der Waals surface area (Å²) in [5.41, 5.74) is 0. The van der Waals surface area contributed by atoms with E-state index >= 15 is 0 Å². The zero-order chi connectivity index (χ0) is 13.0. The third kappa shape index (κ3) is 3.70. The lowest BCUT2D eigenvalue weighted by Gasteiger charge is -2.30. The van der Waals surface area contributed by atoms with Crippen LogP contribution in [-0.4, -0.2) is 19.8 Å². The number of ether oxygens (including phenoxy) is 1. The molecule has 2 heterocycles. The van der Waals surface area contributed by atoms with Crippen molar-refractivity contribution in [2.24, 2.45) is 5.92 Å². The van der Waals surface area contributed by atoms with Crippen LogP contribution in [0.25, 0.3) is 0 Å². The van der Waals surface area contributed by atoms with E-state index in [1.165, 1.54) is 4.88 Å².